The SMILES string of the molecule is CCN(CC)CCc1nc2c(c(NN)n1)COCC2. The van der Waals surface area contributed by atoms with E-state index in [1.807, 2.05) is 0 Å². The number of hydrogen-bond donors (Lipinski definition) is 2. The molecule has 6 nitrogen and oxygen atoms in total. The molecule has 0 bridgehead atoms. The minimum Gasteiger partial charge on any atom is -0.376 e. The highest BCUT2D eigenvalue weighted by Gasteiger charge is 2.17. The van der Waals surface area contributed by atoms with Gasteiger partial charge in [-0.15, -0.1) is 0 Å². The zero-order valence-corrected chi connectivity index (χ0v) is 11.8. The van der Waals surface area contributed by atoms with E-state index in [0.717, 1.165) is 56.2 Å². The Labute approximate surface area is 114 Å². The number of nitrogen functional groups attached to an aromatic ring is 1. The third kappa shape index (κ3) is 3.40. The second kappa shape index (κ2) is 6.79. The molecule has 1 aliphatic rings. The highest BCUT2D eigenvalue weighted by molar-refractivity contribution is 5.46. The van der Waals surface area contributed by atoms with Gasteiger partial charge in [-0.2, -0.15) is 0 Å². The lowest BCUT2D eigenvalue weighted by Crippen LogP contribution is -2.27. The number of aromatic nitrogens is 2. The summed E-state index contributed by atoms with van der Waals surface area (Å²) in [5.74, 6) is 7.11. The summed E-state index contributed by atoms with van der Waals surface area (Å²) in [6.07, 6.45) is 1.69. The Morgan fingerprint density at radius 3 is 2.79 bits per heavy atom. The summed E-state index contributed by atoms with van der Waals surface area (Å²) in [5, 5.41) is 0. The van der Waals surface area contributed by atoms with Crippen molar-refractivity contribution in [2.45, 2.75) is 33.3 Å². The third-order valence-corrected chi connectivity index (χ3v) is 3.55. The lowest BCUT2D eigenvalue weighted by molar-refractivity contribution is 0.109. The number of nitrogens with one attached hydrogen (secondary N) is 1. The summed E-state index contributed by atoms with van der Waals surface area (Å²) in [6, 6.07) is 0. The maximum atomic E-state index is 5.54. The molecule has 0 aromatic carbocycles. The average molecular weight is 265 g/mol. The molecule has 0 amide bonds. The lowest BCUT2D eigenvalue weighted by atomic mass is 10.1. The van der Waals surface area contributed by atoms with Crippen molar-refractivity contribution in [1.29, 1.82) is 0 Å². The predicted octanol–water partition coefficient (Wildman–Crippen LogP) is 0.719. The largest absolute Gasteiger partial charge is 0.376 e. The van der Waals surface area contributed by atoms with Gasteiger partial charge in [0.25, 0.3) is 0 Å². The van der Waals surface area contributed by atoms with Gasteiger partial charge in [0, 0.05) is 24.9 Å². The van der Waals surface area contributed by atoms with Gasteiger partial charge in [0.2, 0.25) is 0 Å². The molecule has 3 N–H and O–H groups in total. The molecule has 0 saturated carbocycles. The minimum absolute atomic E-state index is 0.547. The first-order chi connectivity index (χ1) is 9.28. The quantitative estimate of drug-likeness (QED) is 0.583. The van der Waals surface area contributed by atoms with Crippen LogP contribution in [0.4, 0.5) is 5.82 Å². The second-order valence-electron chi connectivity index (χ2n) is 4.64. The Balaban J connectivity index is 2.13. The molecule has 2 rings (SSSR count). The normalized spacial score (nSPS) is 14.5. The molecule has 1 aromatic heterocycles. The summed E-state index contributed by atoms with van der Waals surface area (Å²) >= 11 is 0. The zero-order valence-electron chi connectivity index (χ0n) is 11.8. The molecule has 0 aliphatic carbocycles. The minimum atomic E-state index is 0.547. The summed E-state index contributed by atoms with van der Waals surface area (Å²) in [6.45, 7) is 8.69. The first-order valence-corrected chi connectivity index (χ1v) is 6.93. The standard InChI is InChI=1S/C13H23N5O/c1-3-18(4-2)7-5-12-15-11-6-8-19-9-10(11)13(16-12)17-14/h3-9,14H2,1-2H3,(H,15,16,17). The fraction of sp³-hybridized carbons (Fsp3) is 0.692. The molecule has 0 unspecified atom stereocenters. The molecule has 0 spiro atoms. The van der Waals surface area contributed by atoms with E-state index in [9.17, 15) is 0 Å². The highest BCUT2D eigenvalue weighted by atomic mass is 16.5. The Morgan fingerprint density at radius 1 is 1.32 bits per heavy atom. The number of likely N-dealkylation sites (N-methyl/N-ethyl adjacent to an activating group) is 1. The monoisotopic (exact) mass is 265 g/mol. The van der Waals surface area contributed by atoms with Crippen LogP contribution < -0.4 is 11.3 Å². The van der Waals surface area contributed by atoms with Crippen molar-refractivity contribution < 1.29 is 4.74 Å². The fourth-order valence-electron chi connectivity index (χ4n) is 2.31. The summed E-state index contributed by atoms with van der Waals surface area (Å²) in [7, 11) is 0. The fourth-order valence-corrected chi connectivity index (χ4v) is 2.31. The maximum Gasteiger partial charge on any atom is 0.149 e. The number of hydrazine groups is 1. The molecule has 0 fully saturated rings. The molecule has 0 radical (unpaired) electrons. The smallest absolute Gasteiger partial charge is 0.149 e. The molecule has 106 valence electrons. The first-order valence-electron chi connectivity index (χ1n) is 6.93. The van der Waals surface area contributed by atoms with Gasteiger partial charge in [0.05, 0.1) is 18.9 Å². The van der Waals surface area contributed by atoms with Gasteiger partial charge < -0.3 is 15.1 Å². The van der Waals surface area contributed by atoms with Crippen LogP contribution in [0.25, 0.3) is 0 Å². The van der Waals surface area contributed by atoms with Gasteiger partial charge >= 0.3 is 0 Å². The summed E-state index contributed by atoms with van der Waals surface area (Å²) < 4.78 is 5.43. The number of anilines is 1. The van der Waals surface area contributed by atoms with Crippen LogP contribution in [0.5, 0.6) is 0 Å². The van der Waals surface area contributed by atoms with Crippen LogP contribution in [0, 0.1) is 0 Å². The number of ether oxygens (including phenoxy) is 1. The van der Waals surface area contributed by atoms with Crippen molar-refractivity contribution in [2.24, 2.45) is 5.84 Å². The topological polar surface area (TPSA) is 76.3 Å². The van der Waals surface area contributed by atoms with Gasteiger partial charge in [-0.1, -0.05) is 13.8 Å². The van der Waals surface area contributed by atoms with E-state index in [4.69, 9.17) is 10.6 Å². The maximum absolute atomic E-state index is 5.54. The molecule has 19 heavy (non-hydrogen) atoms. The number of hydrogen-bond acceptors (Lipinski definition) is 6. The van der Waals surface area contributed by atoms with Crippen molar-refractivity contribution in [1.82, 2.24) is 14.9 Å². The van der Waals surface area contributed by atoms with E-state index in [2.05, 4.69) is 34.1 Å². The summed E-state index contributed by atoms with van der Waals surface area (Å²) in [4.78, 5) is 11.5. The zero-order chi connectivity index (χ0) is 13.7. The molecule has 0 saturated heterocycles. The van der Waals surface area contributed by atoms with Gasteiger partial charge in [-0.3, -0.25) is 0 Å². The Morgan fingerprint density at radius 2 is 2.11 bits per heavy atom. The summed E-state index contributed by atoms with van der Waals surface area (Å²) in [5.41, 5.74) is 4.74. The number of fused-ring (bicyclic) bond motifs is 1. The molecule has 2 heterocycles. The second-order valence-corrected chi connectivity index (χ2v) is 4.64. The van der Waals surface area contributed by atoms with Crippen molar-refractivity contribution in [3.05, 3.63) is 17.1 Å². The molecular weight excluding hydrogens is 242 g/mol. The Bertz CT molecular complexity index is 402. The van der Waals surface area contributed by atoms with Crippen LogP contribution in [0.15, 0.2) is 0 Å². The van der Waals surface area contributed by atoms with Gasteiger partial charge in [0.1, 0.15) is 11.6 Å². The Kier molecular flexibility index (Phi) is 5.07. The van der Waals surface area contributed by atoms with E-state index in [1.54, 1.807) is 0 Å². The van der Waals surface area contributed by atoms with Crippen LogP contribution in [-0.2, 0) is 24.2 Å². The van der Waals surface area contributed by atoms with E-state index in [0.29, 0.717) is 12.4 Å². The van der Waals surface area contributed by atoms with Crippen LogP contribution in [-0.4, -0.2) is 41.1 Å². The van der Waals surface area contributed by atoms with E-state index >= 15 is 0 Å². The predicted molar refractivity (Wildman–Crippen MR) is 74.7 cm³/mol. The third-order valence-electron chi connectivity index (χ3n) is 3.55. The van der Waals surface area contributed by atoms with Gasteiger partial charge in [0.15, 0.2) is 0 Å². The van der Waals surface area contributed by atoms with E-state index in [-0.39, 0.29) is 0 Å². The number of nitrogens with zero attached hydrogens (tertiary/aromatic N) is 3. The van der Waals surface area contributed by atoms with Crippen molar-refractivity contribution in [2.75, 3.05) is 31.7 Å². The first kappa shape index (κ1) is 14.2. The van der Waals surface area contributed by atoms with Crippen molar-refractivity contribution in [3.8, 4) is 0 Å². The lowest BCUT2D eigenvalue weighted by Gasteiger charge is -2.20. The van der Waals surface area contributed by atoms with Crippen LogP contribution >= 0.6 is 0 Å². The van der Waals surface area contributed by atoms with E-state index in [1.165, 1.54) is 0 Å². The van der Waals surface area contributed by atoms with Gasteiger partial charge in [-0.05, 0) is 13.1 Å². The van der Waals surface area contributed by atoms with Crippen molar-refractivity contribution >= 4 is 5.82 Å². The molecule has 1 aromatic rings. The molecule has 6 heteroatoms. The van der Waals surface area contributed by atoms with E-state index < -0.39 is 0 Å². The van der Waals surface area contributed by atoms with Gasteiger partial charge in [-0.25, -0.2) is 15.8 Å². The Hall–Kier alpha value is -1.24. The number of rotatable bonds is 6. The molecule has 1 aliphatic heterocycles. The highest BCUT2D eigenvalue weighted by Crippen LogP contribution is 2.21. The van der Waals surface area contributed by atoms with Crippen LogP contribution in [0.3, 0.4) is 0 Å². The number of nitrogens with two attached hydrogens (primary N) is 1. The van der Waals surface area contributed by atoms with Crippen molar-refractivity contribution in [3.63, 3.8) is 0 Å². The van der Waals surface area contributed by atoms with Crippen LogP contribution in [0.2, 0.25) is 0 Å². The molecular formula is C13H23N5O. The van der Waals surface area contributed by atoms with Crippen LogP contribution in [0.1, 0.15) is 30.9 Å². The average Bonchev–Trinajstić information content (AvgIpc) is 2.47. The molecule has 0 atom stereocenters.